The van der Waals surface area contributed by atoms with E-state index in [1.807, 2.05) is 0 Å². The second kappa shape index (κ2) is 5.02. The quantitative estimate of drug-likeness (QED) is 0.656. The highest BCUT2D eigenvalue weighted by Crippen LogP contribution is 2.31. The summed E-state index contributed by atoms with van der Waals surface area (Å²) in [4.78, 5) is 11.8. The molecule has 2 aromatic heterocycles. The lowest BCUT2D eigenvalue weighted by atomic mass is 10.1. The second-order valence-electron chi connectivity index (χ2n) is 4.51. The molecule has 0 unspecified atom stereocenters. The number of hydrogen-bond acceptors (Lipinski definition) is 7. The van der Waals surface area contributed by atoms with Gasteiger partial charge in [0.2, 0.25) is 0 Å². The van der Waals surface area contributed by atoms with Crippen LogP contribution in [0.15, 0.2) is 12.7 Å². The molecule has 0 aliphatic carbocycles. The highest BCUT2D eigenvalue weighted by molar-refractivity contribution is 5.73. The zero-order chi connectivity index (χ0) is 14.3. The molecule has 3 heterocycles. The molecular formula is C11H13FN4O4. The Morgan fingerprint density at radius 3 is 2.70 bits per heavy atom. The van der Waals surface area contributed by atoms with Crippen LogP contribution in [0.5, 0.6) is 0 Å². The molecule has 0 radical (unpaired) electrons. The van der Waals surface area contributed by atoms with Gasteiger partial charge in [0.25, 0.3) is 0 Å². The molecule has 1 aliphatic rings. The summed E-state index contributed by atoms with van der Waals surface area (Å²) in [6.45, 7) is -1.21. The molecule has 1 saturated heterocycles. The average Bonchev–Trinajstić information content (AvgIpc) is 3.01. The molecule has 1 fully saturated rings. The highest BCUT2D eigenvalue weighted by atomic mass is 19.1. The maximum Gasteiger partial charge on any atom is 0.165 e. The number of imidazole rings is 1. The van der Waals surface area contributed by atoms with Gasteiger partial charge in [-0.05, 0) is 0 Å². The Morgan fingerprint density at radius 2 is 2.05 bits per heavy atom. The van der Waals surface area contributed by atoms with Crippen LogP contribution in [-0.2, 0) is 11.4 Å². The van der Waals surface area contributed by atoms with Crippen LogP contribution in [0.3, 0.4) is 0 Å². The Balaban J connectivity index is 2.03. The van der Waals surface area contributed by atoms with Crippen molar-refractivity contribution in [1.82, 2.24) is 19.5 Å². The first-order valence-electron chi connectivity index (χ1n) is 6.02. The van der Waals surface area contributed by atoms with Gasteiger partial charge in [0.1, 0.15) is 42.5 Å². The third kappa shape index (κ3) is 1.86. The van der Waals surface area contributed by atoms with Crippen LogP contribution in [0.2, 0.25) is 0 Å². The lowest BCUT2D eigenvalue weighted by molar-refractivity contribution is -0.0511. The molecule has 0 aromatic carbocycles. The van der Waals surface area contributed by atoms with Crippen LogP contribution in [-0.4, -0.2) is 59.8 Å². The molecule has 20 heavy (non-hydrogen) atoms. The van der Waals surface area contributed by atoms with E-state index in [0.29, 0.717) is 5.65 Å². The standard InChI is InChI=1S/C11H13FN4O4/c12-1-5-7-10(14-3-13-5)16(4-15-7)11-9(19)8(18)6(2-17)20-11/h3-4,6,8-9,11,17-19H,1-2H2/t6-,8-,9-,11-/m1/s1. The molecule has 9 heteroatoms. The van der Waals surface area contributed by atoms with Crippen LogP contribution in [0, 0.1) is 0 Å². The van der Waals surface area contributed by atoms with Gasteiger partial charge in [-0.15, -0.1) is 0 Å². The van der Waals surface area contributed by atoms with E-state index >= 15 is 0 Å². The summed E-state index contributed by atoms with van der Waals surface area (Å²) < 4.78 is 19.6. The van der Waals surface area contributed by atoms with Gasteiger partial charge in [-0.1, -0.05) is 0 Å². The molecular weight excluding hydrogens is 271 g/mol. The third-order valence-corrected chi connectivity index (χ3v) is 3.35. The Labute approximate surface area is 112 Å². The number of aliphatic hydroxyl groups excluding tert-OH is 3. The number of alkyl halides is 1. The summed E-state index contributed by atoms with van der Waals surface area (Å²) in [7, 11) is 0. The van der Waals surface area contributed by atoms with Gasteiger partial charge in [-0.3, -0.25) is 4.57 Å². The molecule has 0 spiro atoms. The number of fused-ring (bicyclic) bond motifs is 1. The first-order valence-corrected chi connectivity index (χ1v) is 6.02. The molecule has 0 bridgehead atoms. The van der Waals surface area contributed by atoms with Crippen molar-refractivity contribution in [3.8, 4) is 0 Å². The molecule has 0 saturated carbocycles. The van der Waals surface area contributed by atoms with E-state index in [9.17, 15) is 14.6 Å². The third-order valence-electron chi connectivity index (χ3n) is 3.35. The van der Waals surface area contributed by atoms with Crippen LogP contribution >= 0.6 is 0 Å². The van der Waals surface area contributed by atoms with Crippen molar-refractivity contribution in [3.63, 3.8) is 0 Å². The van der Waals surface area contributed by atoms with Gasteiger partial charge < -0.3 is 20.1 Å². The van der Waals surface area contributed by atoms with Gasteiger partial charge in [0.05, 0.1) is 12.9 Å². The van der Waals surface area contributed by atoms with Crippen molar-refractivity contribution < 1.29 is 24.4 Å². The monoisotopic (exact) mass is 284 g/mol. The van der Waals surface area contributed by atoms with Crippen LogP contribution in [0.1, 0.15) is 11.9 Å². The smallest absolute Gasteiger partial charge is 0.165 e. The normalized spacial score (nSPS) is 30.2. The fourth-order valence-electron chi connectivity index (χ4n) is 2.29. The van der Waals surface area contributed by atoms with E-state index in [1.54, 1.807) is 0 Å². The van der Waals surface area contributed by atoms with Crippen LogP contribution in [0.4, 0.5) is 4.39 Å². The first kappa shape index (κ1) is 13.3. The lowest BCUT2D eigenvalue weighted by Crippen LogP contribution is -2.33. The minimum absolute atomic E-state index is 0.139. The molecule has 4 atom stereocenters. The Kier molecular flexibility index (Phi) is 3.34. The van der Waals surface area contributed by atoms with E-state index in [0.717, 1.165) is 0 Å². The summed E-state index contributed by atoms with van der Waals surface area (Å²) in [5.74, 6) is 0. The average molecular weight is 284 g/mol. The zero-order valence-corrected chi connectivity index (χ0v) is 10.3. The largest absolute Gasteiger partial charge is 0.394 e. The van der Waals surface area contributed by atoms with Crippen LogP contribution < -0.4 is 0 Å². The van der Waals surface area contributed by atoms with Crippen LogP contribution in [0.25, 0.3) is 11.2 Å². The van der Waals surface area contributed by atoms with Gasteiger partial charge in [0, 0.05) is 0 Å². The topological polar surface area (TPSA) is 114 Å². The number of rotatable bonds is 3. The summed E-state index contributed by atoms with van der Waals surface area (Å²) in [6, 6.07) is 0. The predicted molar refractivity (Wildman–Crippen MR) is 63.1 cm³/mol. The first-order chi connectivity index (χ1) is 9.67. The number of ether oxygens (including phenoxy) is 1. The fourth-order valence-corrected chi connectivity index (χ4v) is 2.29. The number of hydrogen-bond donors (Lipinski definition) is 3. The summed E-state index contributed by atoms with van der Waals surface area (Å²) >= 11 is 0. The number of nitrogens with zero attached hydrogens (tertiary/aromatic N) is 4. The lowest BCUT2D eigenvalue weighted by Gasteiger charge is -2.16. The molecule has 108 valence electrons. The molecule has 3 rings (SSSR count). The number of aromatic nitrogens is 4. The highest BCUT2D eigenvalue weighted by Gasteiger charge is 2.43. The minimum atomic E-state index is -1.24. The molecule has 2 aromatic rings. The predicted octanol–water partition coefficient (Wildman–Crippen LogP) is -1.09. The van der Waals surface area contributed by atoms with E-state index < -0.39 is 37.8 Å². The Bertz CT molecular complexity index is 621. The molecule has 0 amide bonds. The maximum atomic E-state index is 12.8. The fraction of sp³-hybridized carbons (Fsp3) is 0.545. The van der Waals surface area contributed by atoms with Crippen molar-refractivity contribution >= 4 is 11.2 Å². The van der Waals surface area contributed by atoms with E-state index in [-0.39, 0.29) is 11.2 Å². The van der Waals surface area contributed by atoms with E-state index in [4.69, 9.17) is 9.84 Å². The van der Waals surface area contributed by atoms with Crippen molar-refractivity contribution in [1.29, 1.82) is 0 Å². The molecule has 8 nitrogen and oxygen atoms in total. The molecule has 1 aliphatic heterocycles. The molecule has 3 N–H and O–H groups in total. The summed E-state index contributed by atoms with van der Waals surface area (Å²) in [5.41, 5.74) is 0.704. The SMILES string of the molecule is OC[C@H]1O[C@@H](n2cnc3c(CF)ncnc32)[C@H](O)[C@@H]1O. The minimum Gasteiger partial charge on any atom is -0.394 e. The van der Waals surface area contributed by atoms with Gasteiger partial charge in [0.15, 0.2) is 11.9 Å². The van der Waals surface area contributed by atoms with Gasteiger partial charge >= 0.3 is 0 Å². The van der Waals surface area contributed by atoms with E-state index in [2.05, 4.69) is 15.0 Å². The van der Waals surface area contributed by atoms with Gasteiger partial charge in [-0.25, -0.2) is 19.3 Å². The Morgan fingerprint density at radius 1 is 1.25 bits per heavy atom. The summed E-state index contributed by atoms with van der Waals surface area (Å²) in [6.07, 6.45) is -1.78. The van der Waals surface area contributed by atoms with Crippen molar-refractivity contribution in [2.75, 3.05) is 6.61 Å². The summed E-state index contributed by atoms with van der Waals surface area (Å²) in [5, 5.41) is 28.8. The number of aliphatic hydroxyl groups is 3. The zero-order valence-electron chi connectivity index (χ0n) is 10.3. The van der Waals surface area contributed by atoms with Gasteiger partial charge in [-0.2, -0.15) is 0 Å². The van der Waals surface area contributed by atoms with Crippen molar-refractivity contribution in [2.24, 2.45) is 0 Å². The maximum absolute atomic E-state index is 12.8. The van der Waals surface area contributed by atoms with Crippen molar-refractivity contribution in [2.45, 2.75) is 31.2 Å². The second-order valence-corrected chi connectivity index (χ2v) is 4.51. The van der Waals surface area contributed by atoms with E-state index in [1.165, 1.54) is 17.2 Å². The number of halogens is 1. The Hall–Kier alpha value is -1.68. The van der Waals surface area contributed by atoms with Crippen molar-refractivity contribution in [3.05, 3.63) is 18.3 Å².